The van der Waals surface area contributed by atoms with Crippen molar-refractivity contribution in [1.29, 1.82) is 0 Å². The van der Waals surface area contributed by atoms with Gasteiger partial charge in [0.2, 0.25) is 9.97 Å². The van der Waals surface area contributed by atoms with E-state index in [0.29, 0.717) is 5.57 Å². The summed E-state index contributed by atoms with van der Waals surface area (Å²) in [5.74, 6) is -0.202. The topological polar surface area (TPSA) is 85.6 Å². The second-order valence-corrected chi connectivity index (χ2v) is 6.15. The van der Waals surface area contributed by atoms with Gasteiger partial charge in [-0.1, -0.05) is 29.5 Å². The molecule has 0 spiro atoms. The molecule has 0 amide bonds. The highest BCUT2D eigenvalue weighted by atomic mass is 32.1. The third-order valence-corrected chi connectivity index (χ3v) is 4.55. The Morgan fingerprint density at radius 2 is 2.00 bits per heavy atom. The zero-order valence-electron chi connectivity index (χ0n) is 12.3. The molecule has 0 radical (unpaired) electrons. The number of aliphatic imine (C=N–C) groups is 1. The van der Waals surface area contributed by atoms with E-state index in [1.54, 1.807) is 12.3 Å². The Hall–Kier alpha value is -3.01. The molecule has 4 rings (SSSR count). The Morgan fingerprint density at radius 1 is 1.24 bits per heavy atom. The summed E-state index contributed by atoms with van der Waals surface area (Å²) in [5, 5.41) is 2.30. The van der Waals surface area contributed by atoms with E-state index in [2.05, 4.69) is 15.1 Å². The van der Waals surface area contributed by atoms with Gasteiger partial charge in [0.1, 0.15) is 5.82 Å². The van der Waals surface area contributed by atoms with Crippen LogP contribution in [-0.4, -0.2) is 20.8 Å². The third-order valence-electron chi connectivity index (χ3n) is 3.59. The lowest BCUT2D eigenvalue weighted by molar-refractivity contribution is -0.138. The van der Waals surface area contributed by atoms with E-state index in [1.165, 1.54) is 6.08 Å². The third kappa shape index (κ3) is 2.50. The first-order chi connectivity index (χ1) is 11.8. The van der Waals surface area contributed by atoms with E-state index in [9.17, 15) is 18.0 Å². The highest BCUT2D eigenvalue weighted by molar-refractivity contribution is 7.16. The van der Waals surface area contributed by atoms with Crippen molar-refractivity contribution in [2.45, 2.75) is 6.18 Å². The molecule has 3 heterocycles. The number of para-hydroxylation sites is 1. The predicted octanol–water partition coefficient (Wildman–Crippen LogP) is 3.01. The Balaban J connectivity index is 1.91. The summed E-state index contributed by atoms with van der Waals surface area (Å²) in [6.07, 6.45) is -1.62. The molecule has 0 saturated heterocycles. The molecule has 2 aromatic heterocycles. The first-order valence-electron chi connectivity index (χ1n) is 6.96. The van der Waals surface area contributed by atoms with Gasteiger partial charge in [-0.25, -0.2) is 0 Å². The van der Waals surface area contributed by atoms with Crippen LogP contribution in [0.5, 0.6) is 0 Å². The summed E-state index contributed by atoms with van der Waals surface area (Å²) >= 11 is 0.261. The lowest BCUT2D eigenvalue weighted by atomic mass is 10.1. The average Bonchev–Trinajstić information content (AvgIpc) is 3.15. The Kier molecular flexibility index (Phi) is 3.25. The largest absolute Gasteiger partial charge is 0.445 e. The summed E-state index contributed by atoms with van der Waals surface area (Å²) in [6, 6.07) is 7.26. The number of hydrogen-bond acceptors (Lipinski definition) is 6. The summed E-state index contributed by atoms with van der Waals surface area (Å²) in [5.41, 5.74) is 7.27. The van der Waals surface area contributed by atoms with Gasteiger partial charge in [0.15, 0.2) is 0 Å². The normalized spacial score (nSPS) is 15.2. The number of fused-ring (bicyclic) bond motifs is 2. The minimum atomic E-state index is -4.64. The molecule has 2 N–H and O–H groups in total. The van der Waals surface area contributed by atoms with Crippen LogP contribution >= 0.6 is 11.3 Å². The molecule has 0 saturated carbocycles. The van der Waals surface area contributed by atoms with Crippen molar-refractivity contribution in [2.75, 3.05) is 5.73 Å². The zero-order valence-corrected chi connectivity index (χ0v) is 13.1. The number of alkyl halides is 3. The van der Waals surface area contributed by atoms with E-state index in [4.69, 9.17) is 5.73 Å². The molecule has 3 aromatic rings. The van der Waals surface area contributed by atoms with Gasteiger partial charge in [-0.2, -0.15) is 22.7 Å². The number of nitrogen functional groups attached to an aromatic ring is 1. The van der Waals surface area contributed by atoms with Crippen molar-refractivity contribution >= 4 is 45.7 Å². The van der Waals surface area contributed by atoms with Crippen LogP contribution in [0.15, 0.2) is 34.1 Å². The van der Waals surface area contributed by atoms with Crippen LogP contribution in [0.25, 0.3) is 16.6 Å². The maximum absolute atomic E-state index is 12.8. The van der Waals surface area contributed by atoms with Crippen LogP contribution < -0.4 is 11.3 Å². The molecule has 25 heavy (non-hydrogen) atoms. The van der Waals surface area contributed by atoms with Gasteiger partial charge >= 0.3 is 6.18 Å². The predicted molar refractivity (Wildman–Crippen MR) is 89.0 cm³/mol. The van der Waals surface area contributed by atoms with E-state index in [-0.39, 0.29) is 27.7 Å². The van der Waals surface area contributed by atoms with Crippen LogP contribution in [0.3, 0.4) is 0 Å². The molecule has 1 aromatic carbocycles. The summed E-state index contributed by atoms with van der Waals surface area (Å²) < 4.78 is 39.3. The number of hydrogen-bond donors (Lipinski definition) is 1. The molecule has 0 fully saturated rings. The fraction of sp³-hybridized carbons (Fsp3) is 0.0667. The van der Waals surface area contributed by atoms with Crippen LogP contribution in [0.4, 0.5) is 24.7 Å². The SMILES string of the molecule is Nc1c(/C=C2/C=Nc3ccccc32)c(=O)nc2sc(C(F)(F)F)nn12. The van der Waals surface area contributed by atoms with E-state index in [0.717, 1.165) is 15.8 Å². The Morgan fingerprint density at radius 3 is 2.76 bits per heavy atom. The molecule has 1 aliphatic heterocycles. The number of nitrogens with zero attached hydrogens (tertiary/aromatic N) is 4. The second kappa shape index (κ2) is 5.24. The Labute approximate surface area is 141 Å². The lowest BCUT2D eigenvalue weighted by Gasteiger charge is -2.03. The first-order valence-corrected chi connectivity index (χ1v) is 7.78. The molecular formula is C15H8F3N5OS. The zero-order chi connectivity index (χ0) is 17.8. The molecule has 1 aliphatic rings. The summed E-state index contributed by atoms with van der Waals surface area (Å²) in [6.45, 7) is 0. The van der Waals surface area contributed by atoms with Crippen molar-refractivity contribution < 1.29 is 13.2 Å². The van der Waals surface area contributed by atoms with Crippen LogP contribution in [0.2, 0.25) is 0 Å². The van der Waals surface area contributed by atoms with Gasteiger partial charge in [0.25, 0.3) is 5.56 Å². The number of halogens is 3. The average molecular weight is 363 g/mol. The monoisotopic (exact) mass is 363 g/mol. The maximum Gasteiger partial charge on any atom is 0.445 e. The fourth-order valence-corrected chi connectivity index (χ4v) is 3.21. The van der Waals surface area contributed by atoms with Crippen molar-refractivity contribution in [1.82, 2.24) is 14.6 Å². The first kappa shape index (κ1) is 15.5. The van der Waals surface area contributed by atoms with E-state index < -0.39 is 16.7 Å². The maximum atomic E-state index is 12.8. The summed E-state index contributed by atoms with van der Waals surface area (Å²) in [4.78, 5) is 19.9. The smallest absolute Gasteiger partial charge is 0.383 e. The number of nitrogens with two attached hydrogens (primary N) is 1. The fourth-order valence-electron chi connectivity index (χ4n) is 2.44. The number of benzene rings is 1. The van der Waals surface area contributed by atoms with Gasteiger partial charge in [-0.3, -0.25) is 9.79 Å². The Bertz CT molecular complexity index is 1130. The number of aromatic nitrogens is 3. The highest BCUT2D eigenvalue weighted by Crippen LogP contribution is 2.34. The highest BCUT2D eigenvalue weighted by Gasteiger charge is 2.36. The van der Waals surface area contributed by atoms with E-state index >= 15 is 0 Å². The van der Waals surface area contributed by atoms with Crippen LogP contribution in [0.1, 0.15) is 16.1 Å². The minimum Gasteiger partial charge on any atom is -0.383 e. The quantitative estimate of drug-likeness (QED) is 0.720. The van der Waals surface area contributed by atoms with Crippen molar-refractivity contribution in [3.8, 4) is 0 Å². The second-order valence-electron chi connectivity index (χ2n) is 5.19. The van der Waals surface area contributed by atoms with Crippen molar-refractivity contribution in [3.63, 3.8) is 0 Å². The van der Waals surface area contributed by atoms with Crippen LogP contribution in [-0.2, 0) is 6.18 Å². The van der Waals surface area contributed by atoms with Crippen molar-refractivity contribution in [2.24, 2.45) is 4.99 Å². The van der Waals surface area contributed by atoms with Gasteiger partial charge in [0, 0.05) is 17.4 Å². The molecule has 126 valence electrons. The van der Waals surface area contributed by atoms with Gasteiger partial charge < -0.3 is 5.73 Å². The van der Waals surface area contributed by atoms with Crippen molar-refractivity contribution in [3.05, 3.63) is 50.8 Å². The molecule has 6 nitrogen and oxygen atoms in total. The molecule has 10 heteroatoms. The standard InChI is InChI=1S/C15H8F3N5OS/c16-15(17,18)13-22-23-11(19)9(12(24)21-14(23)25-13)5-7-6-20-10-4-2-1-3-8(7)10/h1-6H,19H2/b7-5-. The summed E-state index contributed by atoms with van der Waals surface area (Å²) in [7, 11) is 0. The number of allylic oxidation sites excluding steroid dienone is 1. The van der Waals surface area contributed by atoms with E-state index in [1.807, 2.05) is 18.2 Å². The van der Waals surface area contributed by atoms with Gasteiger partial charge in [-0.15, -0.1) is 5.10 Å². The number of anilines is 1. The molecule has 0 bridgehead atoms. The number of rotatable bonds is 1. The molecule has 0 atom stereocenters. The molecular weight excluding hydrogens is 355 g/mol. The van der Waals surface area contributed by atoms with Crippen LogP contribution in [0, 0.1) is 0 Å². The molecule has 0 aliphatic carbocycles. The van der Waals surface area contributed by atoms with Gasteiger partial charge in [-0.05, 0) is 12.1 Å². The lowest BCUT2D eigenvalue weighted by Crippen LogP contribution is -2.17. The minimum absolute atomic E-state index is 0.0327. The molecule has 0 unspecified atom stereocenters. The van der Waals surface area contributed by atoms with Gasteiger partial charge in [0.05, 0.1) is 11.3 Å².